The van der Waals surface area contributed by atoms with Crippen LogP contribution in [0.25, 0.3) is 0 Å². The van der Waals surface area contributed by atoms with Crippen LogP contribution in [0.1, 0.15) is 20.8 Å². The van der Waals surface area contributed by atoms with Crippen molar-refractivity contribution in [2.45, 2.75) is 20.8 Å². The monoisotopic (exact) mass is 215 g/mol. The number of amides is 1. The molecule has 0 radical (unpaired) electrons. The van der Waals surface area contributed by atoms with E-state index in [1.165, 1.54) is 0 Å². The van der Waals surface area contributed by atoms with Gasteiger partial charge in [0.05, 0.1) is 0 Å². The van der Waals surface area contributed by atoms with Gasteiger partial charge in [-0.25, -0.2) is 10.8 Å². The first-order valence-electron chi connectivity index (χ1n) is 5.22. The van der Waals surface area contributed by atoms with Gasteiger partial charge in [-0.15, -0.1) is 0 Å². The van der Waals surface area contributed by atoms with Crippen molar-refractivity contribution >= 4 is 11.9 Å². The van der Waals surface area contributed by atoms with E-state index in [1.54, 1.807) is 4.90 Å². The predicted molar refractivity (Wildman–Crippen MR) is 61.2 cm³/mol. The fraction of sp³-hybridized carbons (Fsp3) is 0.778. The zero-order valence-electron chi connectivity index (χ0n) is 9.71. The highest BCUT2D eigenvalue weighted by atomic mass is 16.2. The lowest BCUT2D eigenvalue weighted by Crippen LogP contribution is -2.42. The van der Waals surface area contributed by atoms with Crippen LogP contribution in [0.2, 0.25) is 0 Å². The highest BCUT2D eigenvalue weighted by Crippen LogP contribution is 1.89. The third kappa shape index (κ3) is 5.21. The van der Waals surface area contributed by atoms with Gasteiger partial charge in [-0.1, -0.05) is 0 Å². The molecule has 0 aliphatic carbocycles. The summed E-state index contributed by atoms with van der Waals surface area (Å²) >= 11 is 0. The second kappa shape index (κ2) is 8.05. The predicted octanol–water partition coefficient (Wildman–Crippen LogP) is -0.716. The van der Waals surface area contributed by atoms with Gasteiger partial charge < -0.3 is 10.2 Å². The van der Waals surface area contributed by atoms with Gasteiger partial charge in [-0.05, 0) is 20.8 Å². The number of nitrogens with one attached hydrogen (secondary N) is 2. The Kier molecular flexibility index (Phi) is 7.35. The van der Waals surface area contributed by atoms with Crippen LogP contribution in [0.15, 0.2) is 4.99 Å². The summed E-state index contributed by atoms with van der Waals surface area (Å²) in [7, 11) is 0. The Hall–Kier alpha value is -1.30. The van der Waals surface area contributed by atoms with Gasteiger partial charge in [0.15, 0.2) is 0 Å². The molecule has 0 unspecified atom stereocenters. The molecule has 1 amide bonds. The van der Waals surface area contributed by atoms with Crippen molar-refractivity contribution in [3.8, 4) is 0 Å². The molecule has 0 aromatic heterocycles. The molecule has 0 bridgehead atoms. The minimum absolute atomic E-state index is 0.00523. The Bertz CT molecular complexity index is 213. The summed E-state index contributed by atoms with van der Waals surface area (Å²) in [5.41, 5.74) is 2.40. The number of hydrogen-bond donors (Lipinski definition) is 3. The Morgan fingerprint density at radius 2 is 1.93 bits per heavy atom. The van der Waals surface area contributed by atoms with Crippen molar-refractivity contribution in [2.75, 3.05) is 26.2 Å². The largest absolute Gasteiger partial charge is 0.356 e. The van der Waals surface area contributed by atoms with E-state index >= 15 is 0 Å². The maximum Gasteiger partial charge on any atom is 0.244 e. The first-order valence-corrected chi connectivity index (χ1v) is 5.22. The molecule has 0 aromatic carbocycles. The molecular weight excluding hydrogens is 194 g/mol. The van der Waals surface area contributed by atoms with Crippen molar-refractivity contribution in [3.05, 3.63) is 0 Å². The molecule has 0 aliphatic rings. The minimum Gasteiger partial charge on any atom is -0.356 e. The maximum atomic E-state index is 11.6. The van der Waals surface area contributed by atoms with Crippen LogP contribution in [0.4, 0.5) is 0 Å². The van der Waals surface area contributed by atoms with Crippen LogP contribution in [0.5, 0.6) is 0 Å². The van der Waals surface area contributed by atoms with Crippen LogP contribution >= 0.6 is 0 Å². The third-order valence-corrected chi connectivity index (χ3v) is 1.97. The van der Waals surface area contributed by atoms with Crippen LogP contribution in [-0.4, -0.2) is 42.9 Å². The molecule has 15 heavy (non-hydrogen) atoms. The first kappa shape index (κ1) is 13.7. The molecule has 0 fully saturated rings. The summed E-state index contributed by atoms with van der Waals surface area (Å²) < 4.78 is 0. The lowest BCUT2D eigenvalue weighted by molar-refractivity contribution is -0.129. The van der Waals surface area contributed by atoms with Crippen molar-refractivity contribution in [1.29, 1.82) is 0 Å². The number of carbonyl (C=O) groups is 1. The van der Waals surface area contributed by atoms with Crippen molar-refractivity contribution < 1.29 is 4.79 Å². The standard InChI is InChI=1S/C9H21N5O/c1-4-11-9(13-10)12-7-8(15)14(5-2)6-3/h4-7,10H2,1-3H3,(H2,11,12,13). The lowest BCUT2D eigenvalue weighted by Gasteiger charge is -2.17. The topological polar surface area (TPSA) is 82.8 Å². The van der Waals surface area contributed by atoms with E-state index in [0.29, 0.717) is 25.6 Å². The summed E-state index contributed by atoms with van der Waals surface area (Å²) in [6, 6.07) is 0. The lowest BCUT2D eigenvalue weighted by atomic mass is 10.4. The zero-order chi connectivity index (χ0) is 11.7. The second-order valence-corrected chi connectivity index (χ2v) is 2.91. The molecule has 0 rings (SSSR count). The smallest absolute Gasteiger partial charge is 0.244 e. The summed E-state index contributed by atoms with van der Waals surface area (Å²) in [6.45, 7) is 8.06. The number of nitrogens with zero attached hydrogens (tertiary/aromatic N) is 2. The van der Waals surface area contributed by atoms with E-state index in [1.807, 2.05) is 20.8 Å². The molecule has 88 valence electrons. The van der Waals surface area contributed by atoms with Crippen LogP contribution in [0, 0.1) is 0 Å². The number of nitrogens with two attached hydrogens (primary N) is 1. The quantitative estimate of drug-likeness (QED) is 0.245. The highest BCUT2D eigenvalue weighted by molar-refractivity contribution is 5.84. The molecule has 0 aliphatic heterocycles. The average molecular weight is 215 g/mol. The number of carbonyl (C=O) groups excluding carboxylic acids is 1. The fourth-order valence-electron chi connectivity index (χ4n) is 1.14. The molecule has 0 heterocycles. The molecule has 6 heteroatoms. The summed E-state index contributed by atoms with van der Waals surface area (Å²) in [5, 5.41) is 2.91. The van der Waals surface area contributed by atoms with E-state index in [0.717, 1.165) is 0 Å². The highest BCUT2D eigenvalue weighted by Gasteiger charge is 2.08. The molecule has 6 nitrogen and oxygen atoms in total. The number of aliphatic imine (C=N–C) groups is 1. The number of likely N-dealkylation sites (N-methyl/N-ethyl adjacent to an activating group) is 1. The van der Waals surface area contributed by atoms with Crippen molar-refractivity contribution in [3.63, 3.8) is 0 Å². The van der Waals surface area contributed by atoms with Gasteiger partial charge >= 0.3 is 0 Å². The van der Waals surface area contributed by atoms with Gasteiger partial charge in [0.2, 0.25) is 11.9 Å². The molecule has 4 N–H and O–H groups in total. The Labute approximate surface area is 90.9 Å². The maximum absolute atomic E-state index is 11.6. The van der Waals surface area contributed by atoms with Crippen molar-refractivity contribution in [1.82, 2.24) is 15.6 Å². The summed E-state index contributed by atoms with van der Waals surface area (Å²) in [5.74, 6) is 5.67. The minimum atomic E-state index is 0.00523. The zero-order valence-corrected chi connectivity index (χ0v) is 9.71. The first-order chi connectivity index (χ1) is 7.19. The van der Waals surface area contributed by atoms with Crippen LogP contribution in [0.3, 0.4) is 0 Å². The number of hydrazine groups is 1. The van der Waals surface area contributed by atoms with Crippen LogP contribution in [-0.2, 0) is 4.79 Å². The fourth-order valence-corrected chi connectivity index (χ4v) is 1.14. The van der Waals surface area contributed by atoms with E-state index in [-0.39, 0.29) is 12.5 Å². The SMILES string of the molecule is CCNC(=NCC(=O)N(CC)CC)NN. The van der Waals surface area contributed by atoms with E-state index in [9.17, 15) is 4.79 Å². The number of guanidine groups is 1. The average Bonchev–Trinajstić information content (AvgIpc) is 2.25. The third-order valence-electron chi connectivity index (χ3n) is 1.97. The molecule has 0 aromatic rings. The molecule has 0 spiro atoms. The molecule has 0 saturated carbocycles. The summed E-state index contributed by atoms with van der Waals surface area (Å²) in [6.07, 6.45) is 0. The number of rotatable bonds is 5. The van der Waals surface area contributed by atoms with E-state index in [2.05, 4.69) is 15.7 Å². The van der Waals surface area contributed by atoms with Gasteiger partial charge in [0, 0.05) is 19.6 Å². The van der Waals surface area contributed by atoms with Crippen LogP contribution < -0.4 is 16.6 Å². The molecular formula is C9H21N5O. The molecule has 0 saturated heterocycles. The Morgan fingerprint density at radius 3 is 2.33 bits per heavy atom. The Balaban J connectivity index is 4.15. The number of hydrogen-bond acceptors (Lipinski definition) is 3. The van der Waals surface area contributed by atoms with Crippen molar-refractivity contribution in [2.24, 2.45) is 10.8 Å². The van der Waals surface area contributed by atoms with E-state index < -0.39 is 0 Å². The van der Waals surface area contributed by atoms with E-state index in [4.69, 9.17) is 5.84 Å². The van der Waals surface area contributed by atoms with Gasteiger partial charge in [0.1, 0.15) is 6.54 Å². The second-order valence-electron chi connectivity index (χ2n) is 2.91. The molecule has 0 atom stereocenters. The normalized spacial score (nSPS) is 11.1. The Morgan fingerprint density at radius 1 is 1.33 bits per heavy atom. The van der Waals surface area contributed by atoms with Gasteiger partial charge in [0.25, 0.3) is 0 Å². The summed E-state index contributed by atoms with van der Waals surface area (Å²) in [4.78, 5) is 17.3. The van der Waals surface area contributed by atoms with Gasteiger partial charge in [-0.3, -0.25) is 10.2 Å². The van der Waals surface area contributed by atoms with Gasteiger partial charge in [-0.2, -0.15) is 0 Å².